The van der Waals surface area contributed by atoms with Gasteiger partial charge in [0.2, 0.25) is 5.91 Å². The van der Waals surface area contributed by atoms with Gasteiger partial charge in [0.05, 0.1) is 10.5 Å². The number of hydrogen-bond donors (Lipinski definition) is 2. The molecular weight excluding hydrogens is 312 g/mol. The van der Waals surface area contributed by atoms with Crippen molar-refractivity contribution in [3.8, 4) is 5.75 Å². The summed E-state index contributed by atoms with van der Waals surface area (Å²) in [6.45, 7) is 3.94. The molecule has 0 saturated heterocycles. The Morgan fingerprint density at radius 3 is 2.89 bits per heavy atom. The van der Waals surface area contributed by atoms with Gasteiger partial charge in [0.25, 0.3) is 5.91 Å². The molecule has 5 nitrogen and oxygen atoms in total. The Kier molecular flexibility index (Phi) is 4.09. The highest BCUT2D eigenvalue weighted by Gasteiger charge is 2.20. The predicted octanol–water partition coefficient (Wildman–Crippen LogP) is 2.38. The van der Waals surface area contributed by atoms with Gasteiger partial charge in [0.15, 0.2) is 6.61 Å². The Morgan fingerprint density at radius 1 is 1.47 bits per heavy atom. The summed E-state index contributed by atoms with van der Waals surface area (Å²) in [5.41, 5.74) is 1.20. The highest BCUT2D eigenvalue weighted by Crippen LogP contribution is 2.30. The SMILES string of the molecule is CC(C)C(Br)C(=O)Nc1ccc2c(c1)NC(=O)CO2. The van der Waals surface area contributed by atoms with Crippen molar-refractivity contribution in [2.24, 2.45) is 5.92 Å². The Bertz CT molecular complexity index is 517. The van der Waals surface area contributed by atoms with Crippen LogP contribution in [0.1, 0.15) is 13.8 Å². The summed E-state index contributed by atoms with van der Waals surface area (Å²) in [4.78, 5) is 22.9. The van der Waals surface area contributed by atoms with Crippen LogP contribution in [0.25, 0.3) is 0 Å². The van der Waals surface area contributed by atoms with E-state index in [-0.39, 0.29) is 29.2 Å². The maximum Gasteiger partial charge on any atom is 0.262 e. The maximum atomic E-state index is 11.9. The molecule has 2 N–H and O–H groups in total. The van der Waals surface area contributed by atoms with Crippen molar-refractivity contribution in [3.63, 3.8) is 0 Å². The van der Waals surface area contributed by atoms with Crippen LogP contribution in [0.2, 0.25) is 0 Å². The lowest BCUT2D eigenvalue weighted by Gasteiger charge is -2.19. The van der Waals surface area contributed by atoms with Gasteiger partial charge in [-0.15, -0.1) is 0 Å². The molecule has 1 aliphatic heterocycles. The molecule has 19 heavy (non-hydrogen) atoms. The van der Waals surface area contributed by atoms with Gasteiger partial charge < -0.3 is 15.4 Å². The molecule has 6 heteroatoms. The monoisotopic (exact) mass is 326 g/mol. The smallest absolute Gasteiger partial charge is 0.262 e. The fraction of sp³-hybridized carbons (Fsp3) is 0.385. The third kappa shape index (κ3) is 3.26. The van der Waals surface area contributed by atoms with Gasteiger partial charge in [0.1, 0.15) is 5.75 Å². The van der Waals surface area contributed by atoms with Crippen LogP contribution < -0.4 is 15.4 Å². The number of carbonyl (C=O) groups excluding carboxylic acids is 2. The van der Waals surface area contributed by atoms with E-state index in [4.69, 9.17) is 4.74 Å². The zero-order chi connectivity index (χ0) is 14.0. The number of nitrogens with one attached hydrogen (secondary N) is 2. The average molecular weight is 327 g/mol. The number of alkyl halides is 1. The van der Waals surface area contributed by atoms with Crippen molar-refractivity contribution in [3.05, 3.63) is 18.2 Å². The summed E-state index contributed by atoms with van der Waals surface area (Å²) < 4.78 is 5.25. The van der Waals surface area contributed by atoms with E-state index >= 15 is 0 Å². The van der Waals surface area contributed by atoms with Gasteiger partial charge >= 0.3 is 0 Å². The fourth-order valence-corrected chi connectivity index (χ4v) is 1.79. The molecule has 0 aliphatic carbocycles. The number of ether oxygens (including phenoxy) is 1. The largest absolute Gasteiger partial charge is 0.482 e. The molecule has 0 saturated carbocycles. The lowest BCUT2D eigenvalue weighted by Crippen LogP contribution is -2.28. The summed E-state index contributed by atoms with van der Waals surface area (Å²) in [5.74, 6) is 0.493. The molecule has 0 spiro atoms. The second kappa shape index (κ2) is 5.61. The normalized spacial score (nSPS) is 15.3. The summed E-state index contributed by atoms with van der Waals surface area (Å²) in [5, 5.41) is 5.49. The number of hydrogen-bond acceptors (Lipinski definition) is 3. The first kappa shape index (κ1) is 13.9. The minimum Gasteiger partial charge on any atom is -0.482 e. The summed E-state index contributed by atoms with van der Waals surface area (Å²) >= 11 is 3.34. The third-order valence-electron chi connectivity index (χ3n) is 2.72. The van der Waals surface area contributed by atoms with Crippen molar-refractivity contribution in [2.75, 3.05) is 17.2 Å². The number of amides is 2. The number of benzene rings is 1. The van der Waals surface area contributed by atoms with Gasteiger partial charge in [-0.1, -0.05) is 29.8 Å². The fourth-order valence-electron chi connectivity index (χ4n) is 1.67. The van der Waals surface area contributed by atoms with Gasteiger partial charge in [-0.2, -0.15) is 0 Å². The molecule has 1 heterocycles. The van der Waals surface area contributed by atoms with Crippen molar-refractivity contribution >= 4 is 39.1 Å². The van der Waals surface area contributed by atoms with E-state index in [0.717, 1.165) is 0 Å². The molecule has 0 aromatic heterocycles. The Hall–Kier alpha value is -1.56. The Morgan fingerprint density at radius 2 is 2.21 bits per heavy atom. The quantitative estimate of drug-likeness (QED) is 0.838. The highest BCUT2D eigenvalue weighted by atomic mass is 79.9. The molecule has 2 rings (SSSR count). The number of rotatable bonds is 3. The second-order valence-corrected chi connectivity index (χ2v) is 5.67. The molecule has 1 aromatic rings. The van der Waals surface area contributed by atoms with E-state index in [1.54, 1.807) is 18.2 Å². The average Bonchev–Trinajstić information content (AvgIpc) is 2.37. The molecule has 0 radical (unpaired) electrons. The summed E-state index contributed by atoms with van der Waals surface area (Å²) in [6, 6.07) is 5.15. The molecule has 1 aromatic carbocycles. The van der Waals surface area contributed by atoms with Crippen molar-refractivity contribution in [1.82, 2.24) is 0 Å². The van der Waals surface area contributed by atoms with Gasteiger partial charge in [0, 0.05) is 5.69 Å². The molecule has 1 atom stereocenters. The van der Waals surface area contributed by atoms with E-state index in [2.05, 4.69) is 26.6 Å². The number of fused-ring (bicyclic) bond motifs is 1. The van der Waals surface area contributed by atoms with Crippen LogP contribution in [-0.2, 0) is 9.59 Å². The van der Waals surface area contributed by atoms with Crippen molar-refractivity contribution in [2.45, 2.75) is 18.7 Å². The minimum atomic E-state index is -0.255. The minimum absolute atomic E-state index is 0.0233. The zero-order valence-electron chi connectivity index (χ0n) is 10.7. The van der Waals surface area contributed by atoms with Crippen LogP contribution in [-0.4, -0.2) is 23.2 Å². The van der Waals surface area contributed by atoms with E-state index in [1.807, 2.05) is 13.8 Å². The molecule has 0 fully saturated rings. The van der Waals surface area contributed by atoms with E-state index in [0.29, 0.717) is 17.1 Å². The first-order valence-electron chi connectivity index (χ1n) is 5.99. The number of halogens is 1. The van der Waals surface area contributed by atoms with Gasteiger partial charge in [-0.3, -0.25) is 9.59 Å². The van der Waals surface area contributed by atoms with Gasteiger partial charge in [-0.25, -0.2) is 0 Å². The lowest BCUT2D eigenvalue weighted by atomic mass is 10.1. The topological polar surface area (TPSA) is 67.4 Å². The predicted molar refractivity (Wildman–Crippen MR) is 76.7 cm³/mol. The standard InChI is InChI=1S/C13H15BrN2O3/c1-7(2)12(14)13(18)15-8-3-4-10-9(5-8)16-11(17)6-19-10/h3-5,7,12H,6H2,1-2H3,(H,15,18)(H,16,17). The molecule has 0 bridgehead atoms. The van der Waals surface area contributed by atoms with Crippen LogP contribution >= 0.6 is 15.9 Å². The lowest BCUT2D eigenvalue weighted by molar-refractivity contribution is -0.118. The van der Waals surface area contributed by atoms with E-state index < -0.39 is 0 Å². The molecule has 1 aliphatic rings. The Labute approximate surface area is 119 Å². The maximum absolute atomic E-state index is 11.9. The number of anilines is 2. The third-order valence-corrected chi connectivity index (χ3v) is 4.19. The first-order valence-corrected chi connectivity index (χ1v) is 6.90. The number of carbonyl (C=O) groups is 2. The second-order valence-electron chi connectivity index (χ2n) is 4.68. The van der Waals surface area contributed by atoms with Crippen molar-refractivity contribution in [1.29, 1.82) is 0 Å². The summed E-state index contributed by atoms with van der Waals surface area (Å²) in [6.07, 6.45) is 0. The van der Waals surface area contributed by atoms with Crippen LogP contribution in [0.4, 0.5) is 11.4 Å². The van der Waals surface area contributed by atoms with Crippen LogP contribution in [0.3, 0.4) is 0 Å². The van der Waals surface area contributed by atoms with Crippen LogP contribution in [0.15, 0.2) is 18.2 Å². The molecule has 2 amide bonds. The molecule has 1 unspecified atom stereocenters. The molecular formula is C13H15BrN2O3. The highest BCUT2D eigenvalue weighted by molar-refractivity contribution is 9.10. The van der Waals surface area contributed by atoms with Crippen LogP contribution in [0.5, 0.6) is 5.75 Å². The van der Waals surface area contributed by atoms with Crippen LogP contribution in [0, 0.1) is 5.92 Å². The Balaban J connectivity index is 2.12. The van der Waals surface area contributed by atoms with E-state index in [1.165, 1.54) is 0 Å². The first-order chi connectivity index (χ1) is 8.97. The zero-order valence-corrected chi connectivity index (χ0v) is 12.3. The van der Waals surface area contributed by atoms with E-state index in [9.17, 15) is 9.59 Å². The summed E-state index contributed by atoms with van der Waals surface area (Å²) in [7, 11) is 0. The van der Waals surface area contributed by atoms with Crippen molar-refractivity contribution < 1.29 is 14.3 Å². The van der Waals surface area contributed by atoms with Gasteiger partial charge in [-0.05, 0) is 24.1 Å². The molecule has 102 valence electrons.